The molecular weight excluding hydrogens is 288 g/mol. The predicted molar refractivity (Wildman–Crippen MR) is 90.6 cm³/mol. The molecule has 0 bridgehead atoms. The molecule has 0 aliphatic heterocycles. The van der Waals surface area contributed by atoms with Crippen molar-refractivity contribution in [3.8, 4) is 0 Å². The number of para-hydroxylation sites is 1. The molecule has 3 rings (SSSR count). The molecule has 1 aliphatic rings. The zero-order valence-corrected chi connectivity index (χ0v) is 14.3. The molecule has 2 aromatic rings. The fourth-order valence-corrected chi connectivity index (χ4v) is 3.24. The minimum Gasteiger partial charge on any atom is -0.360 e. The number of carbonyl (C=O) groups is 1. The van der Waals surface area contributed by atoms with Gasteiger partial charge in [-0.2, -0.15) is 0 Å². The third-order valence-electron chi connectivity index (χ3n) is 4.92. The van der Waals surface area contributed by atoms with E-state index in [4.69, 9.17) is 4.52 Å². The Balaban J connectivity index is 1.88. The number of amides is 1. The highest BCUT2D eigenvalue weighted by Crippen LogP contribution is 2.38. The highest BCUT2D eigenvalue weighted by atomic mass is 16.5. The van der Waals surface area contributed by atoms with Gasteiger partial charge in [0.1, 0.15) is 5.76 Å². The topological polar surface area (TPSA) is 46.3 Å². The Bertz CT molecular complexity index is 698. The van der Waals surface area contributed by atoms with Crippen molar-refractivity contribution in [3.05, 3.63) is 47.3 Å². The average molecular weight is 312 g/mol. The quantitative estimate of drug-likeness (QED) is 0.838. The van der Waals surface area contributed by atoms with Crippen LogP contribution in [0.3, 0.4) is 0 Å². The Morgan fingerprint density at radius 2 is 1.96 bits per heavy atom. The number of anilines is 1. The molecule has 0 saturated heterocycles. The van der Waals surface area contributed by atoms with E-state index in [-0.39, 0.29) is 11.3 Å². The van der Waals surface area contributed by atoms with Gasteiger partial charge in [0.15, 0.2) is 5.69 Å². The highest BCUT2D eigenvalue weighted by molar-refractivity contribution is 6.05. The Hall–Kier alpha value is -2.10. The summed E-state index contributed by atoms with van der Waals surface area (Å²) in [5, 5.41) is 4.09. The van der Waals surface area contributed by atoms with Crippen molar-refractivity contribution in [1.29, 1.82) is 0 Å². The number of fused-ring (bicyclic) bond motifs is 1. The molecule has 23 heavy (non-hydrogen) atoms. The molecule has 0 fully saturated rings. The van der Waals surface area contributed by atoms with Crippen LogP contribution in [0.2, 0.25) is 0 Å². The van der Waals surface area contributed by atoms with E-state index in [1.807, 2.05) is 30.3 Å². The van der Waals surface area contributed by atoms with Crippen LogP contribution in [0, 0.1) is 11.3 Å². The zero-order valence-electron chi connectivity index (χ0n) is 14.3. The Morgan fingerprint density at radius 3 is 2.61 bits per heavy atom. The van der Waals surface area contributed by atoms with Gasteiger partial charge in [-0.15, -0.1) is 0 Å². The lowest BCUT2D eigenvalue weighted by molar-refractivity contribution is 0.0983. The molecule has 1 amide bonds. The maximum absolute atomic E-state index is 12.8. The van der Waals surface area contributed by atoms with Gasteiger partial charge in [-0.3, -0.25) is 4.79 Å². The minimum absolute atomic E-state index is 0.101. The van der Waals surface area contributed by atoms with Crippen molar-refractivity contribution in [2.75, 3.05) is 11.9 Å². The van der Waals surface area contributed by atoms with Crippen molar-refractivity contribution in [2.45, 2.75) is 40.0 Å². The maximum Gasteiger partial charge on any atom is 0.280 e. The summed E-state index contributed by atoms with van der Waals surface area (Å²) in [6, 6.07) is 9.62. The standard InChI is InChI=1S/C19H24N2O2/c1-19(2,3)13-10-11-16-15(12-13)17(20-23-16)18(22)21(4)14-8-6-5-7-9-14/h5-9,13H,10-12H2,1-4H3. The van der Waals surface area contributed by atoms with Crippen molar-refractivity contribution in [1.82, 2.24) is 5.16 Å². The second-order valence-electron chi connectivity index (χ2n) is 7.44. The monoisotopic (exact) mass is 312 g/mol. The van der Waals surface area contributed by atoms with E-state index >= 15 is 0 Å². The lowest BCUT2D eigenvalue weighted by Gasteiger charge is -2.33. The van der Waals surface area contributed by atoms with E-state index in [0.29, 0.717) is 11.6 Å². The first-order valence-corrected chi connectivity index (χ1v) is 8.18. The van der Waals surface area contributed by atoms with Crippen molar-refractivity contribution in [2.24, 2.45) is 11.3 Å². The molecule has 4 heteroatoms. The average Bonchev–Trinajstić information content (AvgIpc) is 2.96. The third-order valence-corrected chi connectivity index (χ3v) is 4.92. The van der Waals surface area contributed by atoms with Crippen LogP contribution < -0.4 is 4.90 Å². The normalized spacial score (nSPS) is 17.7. The van der Waals surface area contributed by atoms with Crippen LogP contribution in [-0.2, 0) is 12.8 Å². The number of hydrogen-bond acceptors (Lipinski definition) is 3. The van der Waals surface area contributed by atoms with Crippen LogP contribution in [0.25, 0.3) is 0 Å². The molecule has 1 unspecified atom stereocenters. The summed E-state index contributed by atoms with van der Waals surface area (Å²) < 4.78 is 5.46. The van der Waals surface area contributed by atoms with Crippen LogP contribution in [0.4, 0.5) is 5.69 Å². The van der Waals surface area contributed by atoms with Gasteiger partial charge in [-0.05, 0) is 36.3 Å². The van der Waals surface area contributed by atoms with Crippen LogP contribution in [0.1, 0.15) is 49.0 Å². The summed E-state index contributed by atoms with van der Waals surface area (Å²) in [5.41, 5.74) is 2.56. The zero-order chi connectivity index (χ0) is 16.6. The smallest absolute Gasteiger partial charge is 0.280 e. The summed E-state index contributed by atoms with van der Waals surface area (Å²) in [5.74, 6) is 1.33. The van der Waals surface area contributed by atoms with E-state index in [2.05, 4.69) is 25.9 Å². The Kier molecular flexibility index (Phi) is 4.00. The minimum atomic E-state index is -0.101. The largest absolute Gasteiger partial charge is 0.360 e. The number of rotatable bonds is 2. The first-order valence-electron chi connectivity index (χ1n) is 8.18. The molecule has 0 saturated carbocycles. The molecule has 1 aliphatic carbocycles. The number of benzene rings is 1. The number of carbonyl (C=O) groups excluding carboxylic acids is 1. The van der Waals surface area contributed by atoms with Gasteiger partial charge in [-0.25, -0.2) is 0 Å². The Morgan fingerprint density at radius 1 is 1.26 bits per heavy atom. The van der Waals surface area contributed by atoms with Gasteiger partial charge in [0, 0.05) is 24.7 Å². The number of nitrogens with zero attached hydrogens (tertiary/aromatic N) is 2. The maximum atomic E-state index is 12.8. The molecule has 0 spiro atoms. The molecule has 122 valence electrons. The van der Waals surface area contributed by atoms with E-state index in [0.717, 1.165) is 36.3 Å². The van der Waals surface area contributed by atoms with E-state index in [1.165, 1.54) is 0 Å². The molecule has 1 aromatic heterocycles. The van der Waals surface area contributed by atoms with E-state index in [1.54, 1.807) is 11.9 Å². The summed E-state index contributed by atoms with van der Waals surface area (Å²) in [7, 11) is 1.78. The predicted octanol–water partition coefficient (Wildman–Crippen LogP) is 4.10. The SMILES string of the molecule is CN(C(=O)c1noc2c1CC(C(C)(C)C)CC2)c1ccccc1. The fraction of sp³-hybridized carbons (Fsp3) is 0.474. The Labute approximate surface area is 137 Å². The molecule has 0 radical (unpaired) electrons. The van der Waals surface area contributed by atoms with Crippen LogP contribution in [0.15, 0.2) is 34.9 Å². The molecule has 0 N–H and O–H groups in total. The summed E-state index contributed by atoms with van der Waals surface area (Å²) >= 11 is 0. The summed E-state index contributed by atoms with van der Waals surface area (Å²) in [6.45, 7) is 6.77. The van der Waals surface area contributed by atoms with Gasteiger partial charge in [0.25, 0.3) is 5.91 Å². The van der Waals surface area contributed by atoms with Gasteiger partial charge in [0.2, 0.25) is 0 Å². The first-order chi connectivity index (χ1) is 10.9. The van der Waals surface area contributed by atoms with Crippen molar-refractivity contribution >= 4 is 11.6 Å². The lowest BCUT2D eigenvalue weighted by atomic mass is 9.71. The van der Waals surface area contributed by atoms with Crippen molar-refractivity contribution < 1.29 is 9.32 Å². The summed E-state index contributed by atoms with van der Waals surface area (Å²) in [6.07, 6.45) is 2.83. The number of aryl methyl sites for hydroxylation is 1. The number of hydrogen-bond donors (Lipinski definition) is 0. The molecular formula is C19H24N2O2. The highest BCUT2D eigenvalue weighted by Gasteiger charge is 2.34. The van der Waals surface area contributed by atoms with Gasteiger partial charge in [-0.1, -0.05) is 44.1 Å². The van der Waals surface area contributed by atoms with Crippen LogP contribution >= 0.6 is 0 Å². The lowest BCUT2D eigenvalue weighted by Crippen LogP contribution is -2.30. The molecule has 1 atom stereocenters. The number of aromatic nitrogens is 1. The third kappa shape index (κ3) is 3.03. The van der Waals surface area contributed by atoms with Gasteiger partial charge < -0.3 is 9.42 Å². The molecule has 1 aromatic carbocycles. The first kappa shape index (κ1) is 15.8. The van der Waals surface area contributed by atoms with Gasteiger partial charge >= 0.3 is 0 Å². The van der Waals surface area contributed by atoms with Crippen LogP contribution in [-0.4, -0.2) is 18.1 Å². The molecule has 1 heterocycles. The van der Waals surface area contributed by atoms with Gasteiger partial charge in [0.05, 0.1) is 0 Å². The second kappa shape index (κ2) is 5.84. The second-order valence-corrected chi connectivity index (χ2v) is 7.44. The van der Waals surface area contributed by atoms with Crippen LogP contribution in [0.5, 0.6) is 0 Å². The van der Waals surface area contributed by atoms with E-state index in [9.17, 15) is 4.79 Å². The summed E-state index contributed by atoms with van der Waals surface area (Å²) in [4.78, 5) is 14.5. The van der Waals surface area contributed by atoms with Crippen molar-refractivity contribution in [3.63, 3.8) is 0 Å². The molecule has 4 nitrogen and oxygen atoms in total. The van der Waals surface area contributed by atoms with E-state index < -0.39 is 0 Å². The fourth-order valence-electron chi connectivity index (χ4n) is 3.24.